The van der Waals surface area contributed by atoms with E-state index in [2.05, 4.69) is 10.6 Å². The quantitative estimate of drug-likeness (QED) is 0.651. The van der Waals surface area contributed by atoms with Gasteiger partial charge in [-0.05, 0) is 20.3 Å². The molecule has 5 nitrogen and oxygen atoms in total. The van der Waals surface area contributed by atoms with Crippen LogP contribution in [0.25, 0.3) is 0 Å². The standard InChI is InChI=1S/C12H26N2O3S/c1-5-10(3)14-12(15)7-8-13-11(4)9-18(16,17)6-2/h10-11,13H,5-9H2,1-4H3,(H,14,15). The van der Waals surface area contributed by atoms with Crippen molar-refractivity contribution >= 4 is 15.7 Å². The van der Waals surface area contributed by atoms with Crippen LogP contribution in [0, 0.1) is 0 Å². The van der Waals surface area contributed by atoms with Gasteiger partial charge < -0.3 is 10.6 Å². The molecule has 2 atom stereocenters. The van der Waals surface area contributed by atoms with Gasteiger partial charge in [0.2, 0.25) is 5.91 Å². The Morgan fingerprint density at radius 1 is 1.17 bits per heavy atom. The van der Waals surface area contributed by atoms with Crippen molar-refractivity contribution in [3.8, 4) is 0 Å². The van der Waals surface area contributed by atoms with Crippen LogP contribution in [0.15, 0.2) is 0 Å². The van der Waals surface area contributed by atoms with Gasteiger partial charge in [-0.25, -0.2) is 8.42 Å². The van der Waals surface area contributed by atoms with Gasteiger partial charge in [-0.2, -0.15) is 0 Å². The molecule has 0 spiro atoms. The minimum absolute atomic E-state index is 0.00222. The fraction of sp³-hybridized carbons (Fsp3) is 0.917. The van der Waals surface area contributed by atoms with E-state index >= 15 is 0 Å². The van der Waals surface area contributed by atoms with Crippen molar-refractivity contribution in [1.82, 2.24) is 10.6 Å². The van der Waals surface area contributed by atoms with Crippen molar-refractivity contribution in [2.45, 2.75) is 52.6 Å². The van der Waals surface area contributed by atoms with E-state index in [0.29, 0.717) is 13.0 Å². The van der Waals surface area contributed by atoms with Gasteiger partial charge in [-0.3, -0.25) is 4.79 Å². The third-order valence-corrected chi connectivity index (χ3v) is 4.70. The van der Waals surface area contributed by atoms with E-state index in [-0.39, 0.29) is 29.5 Å². The maximum atomic E-state index is 11.5. The lowest BCUT2D eigenvalue weighted by molar-refractivity contribution is -0.121. The molecular formula is C12H26N2O3S. The lowest BCUT2D eigenvalue weighted by Gasteiger charge is -2.14. The normalized spacial score (nSPS) is 15.1. The molecule has 108 valence electrons. The molecule has 0 rings (SSSR count). The zero-order chi connectivity index (χ0) is 14.2. The molecule has 2 N–H and O–H groups in total. The molecule has 6 heteroatoms. The zero-order valence-corrected chi connectivity index (χ0v) is 12.6. The highest BCUT2D eigenvalue weighted by atomic mass is 32.2. The topological polar surface area (TPSA) is 75.3 Å². The molecule has 0 saturated heterocycles. The van der Waals surface area contributed by atoms with Crippen LogP contribution in [0.3, 0.4) is 0 Å². The molecule has 0 aromatic heterocycles. The van der Waals surface area contributed by atoms with Crippen molar-refractivity contribution in [1.29, 1.82) is 0 Å². The summed E-state index contributed by atoms with van der Waals surface area (Å²) in [5.41, 5.74) is 0. The van der Waals surface area contributed by atoms with Gasteiger partial charge in [0.05, 0.1) is 5.75 Å². The molecule has 0 fully saturated rings. The van der Waals surface area contributed by atoms with Gasteiger partial charge in [0, 0.05) is 30.8 Å². The first kappa shape index (κ1) is 17.4. The van der Waals surface area contributed by atoms with Crippen molar-refractivity contribution in [3.63, 3.8) is 0 Å². The molecular weight excluding hydrogens is 252 g/mol. The minimum atomic E-state index is -2.96. The lowest BCUT2D eigenvalue weighted by Crippen LogP contribution is -2.38. The van der Waals surface area contributed by atoms with Crippen LogP contribution < -0.4 is 10.6 Å². The number of hydrogen-bond acceptors (Lipinski definition) is 4. The van der Waals surface area contributed by atoms with E-state index in [1.54, 1.807) is 6.92 Å². The summed E-state index contributed by atoms with van der Waals surface area (Å²) in [6.07, 6.45) is 1.28. The second-order valence-electron chi connectivity index (χ2n) is 4.68. The molecule has 0 heterocycles. The first-order chi connectivity index (χ1) is 8.30. The summed E-state index contributed by atoms with van der Waals surface area (Å²) in [7, 11) is -2.96. The molecule has 0 aliphatic carbocycles. The fourth-order valence-electron chi connectivity index (χ4n) is 1.44. The molecule has 0 saturated carbocycles. The van der Waals surface area contributed by atoms with E-state index in [1.807, 2.05) is 20.8 Å². The van der Waals surface area contributed by atoms with Crippen LogP contribution in [0.1, 0.15) is 40.5 Å². The Bertz CT molecular complexity index is 341. The van der Waals surface area contributed by atoms with E-state index in [1.165, 1.54) is 0 Å². The summed E-state index contributed by atoms with van der Waals surface area (Å²) in [5.74, 6) is 0.284. The van der Waals surface area contributed by atoms with Crippen molar-refractivity contribution in [3.05, 3.63) is 0 Å². The number of nitrogens with one attached hydrogen (secondary N) is 2. The number of hydrogen-bond donors (Lipinski definition) is 2. The molecule has 18 heavy (non-hydrogen) atoms. The highest BCUT2D eigenvalue weighted by Crippen LogP contribution is 1.95. The molecule has 2 unspecified atom stereocenters. The molecule has 0 aliphatic rings. The van der Waals surface area contributed by atoms with Gasteiger partial charge in [0.25, 0.3) is 0 Å². The van der Waals surface area contributed by atoms with E-state index in [9.17, 15) is 13.2 Å². The van der Waals surface area contributed by atoms with Crippen molar-refractivity contribution < 1.29 is 13.2 Å². The smallest absolute Gasteiger partial charge is 0.221 e. The number of rotatable bonds is 9. The van der Waals surface area contributed by atoms with E-state index < -0.39 is 9.84 Å². The highest BCUT2D eigenvalue weighted by molar-refractivity contribution is 7.91. The Labute approximate surface area is 111 Å². The Morgan fingerprint density at radius 2 is 1.78 bits per heavy atom. The van der Waals surface area contributed by atoms with Gasteiger partial charge in [0.1, 0.15) is 0 Å². The van der Waals surface area contributed by atoms with Crippen molar-refractivity contribution in [2.24, 2.45) is 0 Å². The van der Waals surface area contributed by atoms with Crippen LogP contribution in [-0.2, 0) is 14.6 Å². The lowest BCUT2D eigenvalue weighted by atomic mass is 10.2. The summed E-state index contributed by atoms with van der Waals surface area (Å²) in [6.45, 7) is 7.94. The fourth-order valence-corrected chi connectivity index (χ4v) is 2.55. The molecule has 0 aromatic carbocycles. The maximum Gasteiger partial charge on any atom is 0.221 e. The molecule has 0 bridgehead atoms. The summed E-state index contributed by atoms with van der Waals surface area (Å²) >= 11 is 0. The predicted octanol–water partition coefficient (Wildman–Crippen LogP) is 0.704. The Hall–Kier alpha value is -0.620. The Kier molecular flexibility index (Phi) is 8.18. The molecule has 0 aromatic rings. The maximum absolute atomic E-state index is 11.5. The second kappa shape index (κ2) is 8.48. The third kappa shape index (κ3) is 8.47. The summed E-state index contributed by atoms with van der Waals surface area (Å²) in [6, 6.07) is 0.0711. The average Bonchev–Trinajstić information content (AvgIpc) is 2.28. The third-order valence-electron chi connectivity index (χ3n) is 2.81. The van der Waals surface area contributed by atoms with Gasteiger partial charge in [-0.1, -0.05) is 13.8 Å². The number of carbonyl (C=O) groups excluding carboxylic acids is 1. The van der Waals surface area contributed by atoms with Gasteiger partial charge >= 0.3 is 0 Å². The van der Waals surface area contributed by atoms with E-state index in [4.69, 9.17) is 0 Å². The first-order valence-corrected chi connectivity index (χ1v) is 8.36. The van der Waals surface area contributed by atoms with Gasteiger partial charge in [0.15, 0.2) is 9.84 Å². The number of carbonyl (C=O) groups is 1. The Morgan fingerprint density at radius 3 is 2.28 bits per heavy atom. The molecule has 0 radical (unpaired) electrons. The predicted molar refractivity (Wildman–Crippen MR) is 74.3 cm³/mol. The molecule has 1 amide bonds. The largest absolute Gasteiger partial charge is 0.354 e. The van der Waals surface area contributed by atoms with Crippen LogP contribution in [0.4, 0.5) is 0 Å². The average molecular weight is 278 g/mol. The van der Waals surface area contributed by atoms with Crippen LogP contribution in [0.2, 0.25) is 0 Å². The first-order valence-electron chi connectivity index (χ1n) is 6.53. The van der Waals surface area contributed by atoms with E-state index in [0.717, 1.165) is 6.42 Å². The second-order valence-corrected chi connectivity index (χ2v) is 7.08. The number of amides is 1. The highest BCUT2D eigenvalue weighted by Gasteiger charge is 2.13. The van der Waals surface area contributed by atoms with Crippen molar-refractivity contribution in [2.75, 3.05) is 18.1 Å². The summed E-state index contributed by atoms with van der Waals surface area (Å²) < 4.78 is 22.7. The minimum Gasteiger partial charge on any atom is -0.354 e. The van der Waals surface area contributed by atoms with Crippen LogP contribution in [-0.4, -0.2) is 44.5 Å². The zero-order valence-electron chi connectivity index (χ0n) is 11.8. The molecule has 0 aliphatic heterocycles. The monoisotopic (exact) mass is 278 g/mol. The number of sulfone groups is 1. The summed E-state index contributed by atoms with van der Waals surface area (Å²) in [5, 5.41) is 5.92. The SMILES string of the molecule is CCC(C)NC(=O)CCNC(C)CS(=O)(=O)CC. The van der Waals surface area contributed by atoms with Crippen LogP contribution in [0.5, 0.6) is 0 Å². The Balaban J connectivity index is 3.81. The summed E-state index contributed by atoms with van der Waals surface area (Å²) in [4.78, 5) is 11.5. The van der Waals surface area contributed by atoms with Crippen LogP contribution >= 0.6 is 0 Å². The van der Waals surface area contributed by atoms with Gasteiger partial charge in [-0.15, -0.1) is 0 Å².